The summed E-state index contributed by atoms with van der Waals surface area (Å²) in [5, 5.41) is 14.9. The molecule has 1 aromatic carbocycles. The number of thiophene rings is 1. The van der Waals surface area contributed by atoms with Crippen molar-refractivity contribution in [2.45, 2.75) is 13.3 Å². The van der Waals surface area contributed by atoms with Crippen LogP contribution in [0.4, 0.5) is 5.69 Å². The van der Waals surface area contributed by atoms with Gasteiger partial charge in [-0.3, -0.25) is 9.89 Å². The topological polar surface area (TPSA) is 57.8 Å². The first-order valence-corrected chi connectivity index (χ1v) is 8.18. The van der Waals surface area contributed by atoms with Gasteiger partial charge in [-0.15, -0.1) is 0 Å². The molecule has 3 aromatic rings. The zero-order valence-corrected chi connectivity index (χ0v) is 13.5. The van der Waals surface area contributed by atoms with Gasteiger partial charge in [0, 0.05) is 21.5 Å². The average Bonchev–Trinajstić information content (AvgIpc) is 3.16. The molecule has 0 bridgehead atoms. The Labute approximate surface area is 137 Å². The van der Waals surface area contributed by atoms with E-state index in [0.29, 0.717) is 10.6 Å². The maximum absolute atomic E-state index is 12.4. The van der Waals surface area contributed by atoms with Crippen LogP contribution in [0.3, 0.4) is 0 Å². The molecule has 0 radical (unpaired) electrons. The number of aryl methyl sites for hydroxylation is 1. The van der Waals surface area contributed by atoms with Crippen molar-refractivity contribution in [3.8, 4) is 11.3 Å². The van der Waals surface area contributed by atoms with Gasteiger partial charge in [-0.05, 0) is 42.1 Å². The molecule has 4 nitrogen and oxygen atoms in total. The summed E-state index contributed by atoms with van der Waals surface area (Å²) in [7, 11) is 0. The number of halogens is 1. The van der Waals surface area contributed by atoms with Gasteiger partial charge in [-0.2, -0.15) is 16.4 Å². The lowest BCUT2D eigenvalue weighted by Crippen LogP contribution is -2.13. The highest BCUT2D eigenvalue weighted by Crippen LogP contribution is 2.31. The van der Waals surface area contributed by atoms with Crippen molar-refractivity contribution in [1.29, 1.82) is 0 Å². The third-order valence-corrected chi connectivity index (χ3v) is 4.27. The number of aromatic nitrogens is 2. The fraction of sp³-hybridized carbons (Fsp3) is 0.125. The number of amides is 1. The van der Waals surface area contributed by atoms with Gasteiger partial charge in [0.15, 0.2) is 0 Å². The molecular formula is C16H14ClN3OS. The van der Waals surface area contributed by atoms with E-state index in [1.54, 1.807) is 35.6 Å². The molecule has 112 valence electrons. The van der Waals surface area contributed by atoms with Gasteiger partial charge in [-0.1, -0.05) is 18.5 Å². The molecular weight excluding hydrogens is 318 g/mol. The van der Waals surface area contributed by atoms with Crippen LogP contribution in [0, 0.1) is 0 Å². The van der Waals surface area contributed by atoms with Gasteiger partial charge in [0.25, 0.3) is 5.91 Å². The maximum atomic E-state index is 12.4. The number of carbonyl (C=O) groups excluding carboxylic acids is 1. The fourth-order valence-electron chi connectivity index (χ4n) is 2.16. The second-order valence-corrected chi connectivity index (χ2v) is 5.97. The van der Waals surface area contributed by atoms with Crippen LogP contribution in [0.5, 0.6) is 0 Å². The standard InChI is InChI=1S/C16H14ClN3OS/c1-2-13-15(14(20-19-13)11-7-8-22-9-11)18-16(21)10-3-5-12(17)6-4-10/h3-9H,2H2,1H3,(H,18,21)(H,19,20). The van der Waals surface area contributed by atoms with Crippen molar-refractivity contribution in [2.75, 3.05) is 5.32 Å². The molecule has 3 rings (SSSR count). The normalized spacial score (nSPS) is 10.6. The lowest BCUT2D eigenvalue weighted by atomic mass is 10.1. The van der Waals surface area contributed by atoms with Crippen molar-refractivity contribution in [3.05, 3.63) is 57.4 Å². The first kappa shape index (κ1) is 14.8. The number of rotatable bonds is 4. The molecule has 0 aliphatic heterocycles. The zero-order chi connectivity index (χ0) is 15.5. The Morgan fingerprint density at radius 1 is 1.32 bits per heavy atom. The maximum Gasteiger partial charge on any atom is 0.255 e. The molecule has 22 heavy (non-hydrogen) atoms. The Morgan fingerprint density at radius 2 is 2.09 bits per heavy atom. The SMILES string of the molecule is CCc1[nH]nc(-c2ccsc2)c1NC(=O)c1ccc(Cl)cc1. The van der Waals surface area contributed by atoms with Crippen molar-refractivity contribution in [3.63, 3.8) is 0 Å². The van der Waals surface area contributed by atoms with Crippen molar-refractivity contribution < 1.29 is 4.79 Å². The average molecular weight is 332 g/mol. The van der Waals surface area contributed by atoms with Gasteiger partial charge in [-0.25, -0.2) is 0 Å². The monoisotopic (exact) mass is 331 g/mol. The van der Waals surface area contributed by atoms with Crippen molar-refractivity contribution in [1.82, 2.24) is 10.2 Å². The molecule has 2 heterocycles. The molecule has 0 aliphatic carbocycles. The van der Waals surface area contributed by atoms with Gasteiger partial charge in [0.2, 0.25) is 0 Å². The number of hydrogen-bond donors (Lipinski definition) is 2. The highest BCUT2D eigenvalue weighted by atomic mass is 35.5. The van der Waals surface area contributed by atoms with Gasteiger partial charge in [0.1, 0.15) is 5.69 Å². The van der Waals surface area contributed by atoms with E-state index in [0.717, 1.165) is 29.1 Å². The highest BCUT2D eigenvalue weighted by Gasteiger charge is 2.17. The van der Waals surface area contributed by atoms with Crippen LogP contribution < -0.4 is 5.32 Å². The van der Waals surface area contributed by atoms with Crippen LogP contribution in [0.2, 0.25) is 5.02 Å². The first-order valence-electron chi connectivity index (χ1n) is 6.85. The number of H-pyrrole nitrogens is 1. The zero-order valence-electron chi connectivity index (χ0n) is 11.9. The Bertz CT molecular complexity index is 778. The van der Waals surface area contributed by atoms with Crippen LogP contribution in [0.25, 0.3) is 11.3 Å². The third kappa shape index (κ3) is 2.91. The molecule has 2 aromatic heterocycles. The van der Waals surface area contributed by atoms with Crippen molar-refractivity contribution in [2.24, 2.45) is 0 Å². The van der Waals surface area contributed by atoms with Gasteiger partial charge < -0.3 is 5.32 Å². The van der Waals surface area contributed by atoms with Gasteiger partial charge >= 0.3 is 0 Å². The quantitative estimate of drug-likeness (QED) is 0.733. The molecule has 0 spiro atoms. The number of nitrogens with zero attached hydrogens (tertiary/aromatic N) is 1. The molecule has 1 amide bonds. The minimum absolute atomic E-state index is 0.177. The molecule has 0 fully saturated rings. The Kier molecular flexibility index (Phi) is 4.27. The smallest absolute Gasteiger partial charge is 0.255 e. The van der Waals surface area contributed by atoms with E-state index in [1.807, 2.05) is 23.8 Å². The van der Waals surface area contributed by atoms with E-state index >= 15 is 0 Å². The van der Waals surface area contributed by atoms with Gasteiger partial charge in [0.05, 0.1) is 11.4 Å². The molecule has 0 atom stereocenters. The number of hydrogen-bond acceptors (Lipinski definition) is 3. The van der Waals surface area contributed by atoms with Crippen LogP contribution in [0.15, 0.2) is 41.1 Å². The van der Waals surface area contributed by atoms with E-state index < -0.39 is 0 Å². The summed E-state index contributed by atoms with van der Waals surface area (Å²) < 4.78 is 0. The van der Waals surface area contributed by atoms with Crippen LogP contribution in [-0.2, 0) is 6.42 Å². The fourth-order valence-corrected chi connectivity index (χ4v) is 2.93. The number of carbonyl (C=O) groups is 1. The Balaban J connectivity index is 1.92. The molecule has 0 saturated carbocycles. The van der Waals surface area contributed by atoms with Crippen LogP contribution in [-0.4, -0.2) is 16.1 Å². The van der Waals surface area contributed by atoms with Crippen molar-refractivity contribution >= 4 is 34.5 Å². The first-order chi connectivity index (χ1) is 10.7. The van der Waals surface area contributed by atoms with E-state index in [2.05, 4.69) is 15.5 Å². The Hall–Kier alpha value is -2.11. The minimum Gasteiger partial charge on any atom is -0.319 e. The Morgan fingerprint density at radius 3 is 2.73 bits per heavy atom. The molecule has 0 saturated heterocycles. The molecule has 6 heteroatoms. The summed E-state index contributed by atoms with van der Waals surface area (Å²) in [6, 6.07) is 8.79. The van der Waals surface area contributed by atoms with Crippen LogP contribution in [0.1, 0.15) is 23.0 Å². The predicted octanol–water partition coefficient (Wildman–Crippen LogP) is 4.61. The predicted molar refractivity (Wildman–Crippen MR) is 90.7 cm³/mol. The van der Waals surface area contributed by atoms with E-state index in [-0.39, 0.29) is 5.91 Å². The second-order valence-electron chi connectivity index (χ2n) is 4.75. The number of nitrogens with one attached hydrogen (secondary N) is 2. The summed E-state index contributed by atoms with van der Waals surface area (Å²) in [6.07, 6.45) is 0.757. The largest absolute Gasteiger partial charge is 0.319 e. The minimum atomic E-state index is -0.177. The molecule has 0 unspecified atom stereocenters. The lowest BCUT2D eigenvalue weighted by Gasteiger charge is -2.07. The number of aromatic amines is 1. The number of anilines is 1. The lowest BCUT2D eigenvalue weighted by molar-refractivity contribution is 0.102. The summed E-state index contributed by atoms with van der Waals surface area (Å²) in [5.41, 5.74) is 3.96. The number of benzene rings is 1. The summed E-state index contributed by atoms with van der Waals surface area (Å²) in [4.78, 5) is 12.4. The molecule has 0 aliphatic rings. The highest BCUT2D eigenvalue weighted by molar-refractivity contribution is 7.08. The van der Waals surface area contributed by atoms with E-state index in [4.69, 9.17) is 11.6 Å². The van der Waals surface area contributed by atoms with Crippen LogP contribution >= 0.6 is 22.9 Å². The summed E-state index contributed by atoms with van der Waals surface area (Å²) in [6.45, 7) is 2.02. The second kappa shape index (κ2) is 6.34. The molecule has 2 N–H and O–H groups in total. The van der Waals surface area contributed by atoms with E-state index in [1.165, 1.54) is 0 Å². The third-order valence-electron chi connectivity index (χ3n) is 3.33. The summed E-state index contributed by atoms with van der Waals surface area (Å²) in [5.74, 6) is -0.177. The summed E-state index contributed by atoms with van der Waals surface area (Å²) >= 11 is 7.45. The van der Waals surface area contributed by atoms with E-state index in [9.17, 15) is 4.79 Å².